The molecule has 8 heteroatoms. The van der Waals surface area contributed by atoms with Gasteiger partial charge in [-0.05, 0) is 37.1 Å². The Labute approximate surface area is 116 Å². The van der Waals surface area contributed by atoms with Crippen molar-refractivity contribution in [1.82, 2.24) is 4.31 Å². The van der Waals surface area contributed by atoms with E-state index >= 15 is 0 Å². The van der Waals surface area contributed by atoms with Crippen molar-refractivity contribution in [3.63, 3.8) is 0 Å². The van der Waals surface area contributed by atoms with Crippen LogP contribution >= 0.6 is 0 Å². The predicted octanol–water partition coefficient (Wildman–Crippen LogP) is 0.0232. The van der Waals surface area contributed by atoms with Crippen molar-refractivity contribution in [2.24, 2.45) is 5.73 Å². The second-order valence-corrected chi connectivity index (χ2v) is 6.40. The minimum absolute atomic E-state index is 0.00294. The zero-order chi connectivity index (χ0) is 14.9. The van der Waals surface area contributed by atoms with Gasteiger partial charge in [0.15, 0.2) is 0 Å². The lowest BCUT2D eigenvalue weighted by molar-refractivity contribution is -0.121. The van der Waals surface area contributed by atoms with Gasteiger partial charge in [0.2, 0.25) is 15.9 Å². The van der Waals surface area contributed by atoms with Gasteiger partial charge in [-0.15, -0.1) is 0 Å². The molecular formula is C12H14N2O5S. The number of rotatable bonds is 4. The fraction of sp³-hybridized carbons (Fsp3) is 0.333. The monoisotopic (exact) mass is 298 g/mol. The Balaban J connectivity index is 2.35. The quantitative estimate of drug-likeness (QED) is 0.812. The summed E-state index contributed by atoms with van der Waals surface area (Å²) in [6.45, 7) is 0.233. The SMILES string of the molecule is NC(=O)C1CCCN1S(=O)(=O)c1ccc(C(=O)O)cc1. The van der Waals surface area contributed by atoms with Gasteiger partial charge in [-0.1, -0.05) is 0 Å². The molecule has 1 heterocycles. The summed E-state index contributed by atoms with van der Waals surface area (Å²) >= 11 is 0. The first kappa shape index (κ1) is 14.5. The van der Waals surface area contributed by atoms with Gasteiger partial charge in [-0.2, -0.15) is 4.31 Å². The van der Waals surface area contributed by atoms with Crippen molar-refractivity contribution in [3.05, 3.63) is 29.8 Å². The molecule has 0 aliphatic carbocycles. The number of carboxylic acids is 1. The van der Waals surface area contributed by atoms with Crippen LogP contribution in [-0.4, -0.2) is 42.3 Å². The van der Waals surface area contributed by atoms with Crippen molar-refractivity contribution in [3.8, 4) is 0 Å². The summed E-state index contributed by atoms with van der Waals surface area (Å²) in [6.07, 6.45) is 0.974. The highest BCUT2D eigenvalue weighted by Gasteiger charge is 2.38. The summed E-state index contributed by atoms with van der Waals surface area (Å²) in [6, 6.07) is 4.03. The largest absolute Gasteiger partial charge is 0.478 e. The first-order chi connectivity index (χ1) is 9.34. The van der Waals surface area contributed by atoms with E-state index < -0.39 is 27.9 Å². The highest BCUT2D eigenvalue weighted by atomic mass is 32.2. The molecule has 1 aromatic rings. The molecule has 0 aromatic heterocycles. The standard InChI is InChI=1S/C12H14N2O5S/c13-11(15)10-2-1-7-14(10)20(18,19)9-5-3-8(4-6-9)12(16)17/h3-6,10H,1-2,7H2,(H2,13,15)(H,16,17). The molecule has 108 valence electrons. The predicted molar refractivity (Wildman–Crippen MR) is 69.5 cm³/mol. The Morgan fingerprint density at radius 1 is 1.25 bits per heavy atom. The van der Waals surface area contributed by atoms with E-state index in [1.807, 2.05) is 0 Å². The first-order valence-corrected chi connectivity index (χ1v) is 7.42. The molecule has 3 N–H and O–H groups in total. The molecular weight excluding hydrogens is 284 g/mol. The van der Waals surface area contributed by atoms with Gasteiger partial charge < -0.3 is 10.8 Å². The van der Waals surface area contributed by atoms with E-state index in [4.69, 9.17) is 10.8 Å². The normalized spacial score (nSPS) is 19.9. The van der Waals surface area contributed by atoms with Gasteiger partial charge in [0, 0.05) is 6.54 Å². The van der Waals surface area contributed by atoms with Crippen LogP contribution in [-0.2, 0) is 14.8 Å². The fourth-order valence-electron chi connectivity index (χ4n) is 2.22. The molecule has 1 unspecified atom stereocenters. The molecule has 0 saturated carbocycles. The highest BCUT2D eigenvalue weighted by molar-refractivity contribution is 7.89. The van der Waals surface area contributed by atoms with Gasteiger partial charge in [-0.3, -0.25) is 4.79 Å². The number of aromatic carboxylic acids is 1. The number of carbonyl (C=O) groups is 2. The van der Waals surface area contributed by atoms with Crippen LogP contribution in [0.2, 0.25) is 0 Å². The third-order valence-corrected chi connectivity index (χ3v) is 5.16. The average Bonchev–Trinajstić information content (AvgIpc) is 2.89. The number of nitrogens with zero attached hydrogens (tertiary/aromatic N) is 1. The number of hydrogen-bond acceptors (Lipinski definition) is 4. The smallest absolute Gasteiger partial charge is 0.335 e. The van der Waals surface area contributed by atoms with E-state index in [9.17, 15) is 18.0 Å². The first-order valence-electron chi connectivity index (χ1n) is 5.98. The van der Waals surface area contributed by atoms with Crippen LogP contribution < -0.4 is 5.73 Å². The number of carboxylic acid groups (broad SMARTS) is 1. The van der Waals surface area contributed by atoms with E-state index in [1.54, 1.807) is 0 Å². The minimum Gasteiger partial charge on any atom is -0.478 e. The molecule has 1 saturated heterocycles. The Hall–Kier alpha value is -1.93. The van der Waals surface area contributed by atoms with Crippen LogP contribution in [0.15, 0.2) is 29.2 Å². The van der Waals surface area contributed by atoms with Crippen LogP contribution in [0.4, 0.5) is 0 Å². The van der Waals surface area contributed by atoms with Gasteiger partial charge >= 0.3 is 5.97 Å². The summed E-state index contributed by atoms with van der Waals surface area (Å²) < 4.78 is 25.9. The highest BCUT2D eigenvalue weighted by Crippen LogP contribution is 2.26. The number of sulfonamides is 1. The second kappa shape index (κ2) is 5.22. The van der Waals surface area contributed by atoms with Crippen molar-refractivity contribution in [2.45, 2.75) is 23.8 Å². The Morgan fingerprint density at radius 2 is 1.85 bits per heavy atom. The molecule has 1 atom stereocenters. The second-order valence-electron chi connectivity index (χ2n) is 4.51. The summed E-state index contributed by atoms with van der Waals surface area (Å²) in [5.74, 6) is -1.81. The molecule has 0 radical (unpaired) electrons. The number of amides is 1. The van der Waals surface area contributed by atoms with E-state index in [-0.39, 0.29) is 17.0 Å². The Kier molecular flexibility index (Phi) is 3.78. The maximum Gasteiger partial charge on any atom is 0.335 e. The topological polar surface area (TPSA) is 118 Å². The number of carbonyl (C=O) groups excluding carboxylic acids is 1. The maximum atomic E-state index is 12.4. The third kappa shape index (κ3) is 2.52. The number of nitrogens with two attached hydrogens (primary N) is 1. The zero-order valence-electron chi connectivity index (χ0n) is 10.5. The molecule has 0 bridgehead atoms. The number of primary amides is 1. The van der Waals surface area contributed by atoms with E-state index in [0.717, 1.165) is 4.31 Å². The summed E-state index contributed by atoms with van der Waals surface area (Å²) in [4.78, 5) is 22.0. The van der Waals surface area contributed by atoms with E-state index in [2.05, 4.69) is 0 Å². The molecule has 7 nitrogen and oxygen atoms in total. The van der Waals surface area contributed by atoms with Crippen LogP contribution in [0.1, 0.15) is 23.2 Å². The summed E-state index contributed by atoms with van der Waals surface area (Å²) in [5.41, 5.74) is 5.20. The molecule has 1 aromatic carbocycles. The van der Waals surface area contributed by atoms with Crippen molar-refractivity contribution < 1.29 is 23.1 Å². The molecule has 1 aliphatic rings. The number of hydrogen-bond donors (Lipinski definition) is 2. The molecule has 0 spiro atoms. The van der Waals surface area contributed by atoms with Crippen LogP contribution in [0.3, 0.4) is 0 Å². The molecule has 2 rings (SSSR count). The van der Waals surface area contributed by atoms with Gasteiger partial charge in [0.05, 0.1) is 10.5 Å². The van der Waals surface area contributed by atoms with Crippen LogP contribution in [0, 0.1) is 0 Å². The third-order valence-electron chi connectivity index (χ3n) is 3.24. The number of benzene rings is 1. The van der Waals surface area contributed by atoms with Gasteiger partial charge in [-0.25, -0.2) is 13.2 Å². The summed E-state index contributed by atoms with van der Waals surface area (Å²) in [7, 11) is -3.84. The molecule has 1 fully saturated rings. The lowest BCUT2D eigenvalue weighted by atomic mass is 10.2. The average molecular weight is 298 g/mol. The molecule has 1 amide bonds. The van der Waals surface area contributed by atoms with Crippen LogP contribution in [0.25, 0.3) is 0 Å². The summed E-state index contributed by atoms with van der Waals surface area (Å²) in [5, 5.41) is 8.78. The van der Waals surface area contributed by atoms with Gasteiger partial charge in [0.25, 0.3) is 0 Å². The molecule has 20 heavy (non-hydrogen) atoms. The lowest BCUT2D eigenvalue weighted by Gasteiger charge is -2.21. The fourth-order valence-corrected chi connectivity index (χ4v) is 3.88. The Bertz CT molecular complexity index is 638. The van der Waals surface area contributed by atoms with Crippen molar-refractivity contribution in [2.75, 3.05) is 6.54 Å². The van der Waals surface area contributed by atoms with Gasteiger partial charge in [0.1, 0.15) is 6.04 Å². The minimum atomic E-state index is -3.84. The molecule has 1 aliphatic heterocycles. The van der Waals surface area contributed by atoms with Crippen LogP contribution in [0.5, 0.6) is 0 Å². The van der Waals surface area contributed by atoms with Crippen molar-refractivity contribution >= 4 is 21.9 Å². The van der Waals surface area contributed by atoms with Crippen molar-refractivity contribution in [1.29, 1.82) is 0 Å². The van der Waals surface area contributed by atoms with E-state index in [1.165, 1.54) is 24.3 Å². The lowest BCUT2D eigenvalue weighted by Crippen LogP contribution is -2.43. The maximum absolute atomic E-state index is 12.4. The Morgan fingerprint density at radius 3 is 2.35 bits per heavy atom. The zero-order valence-corrected chi connectivity index (χ0v) is 11.3. The van der Waals surface area contributed by atoms with E-state index in [0.29, 0.717) is 12.8 Å².